The predicted octanol–water partition coefficient (Wildman–Crippen LogP) is 1.99. The molecule has 2 heterocycles. The fraction of sp³-hybridized carbons (Fsp3) is 0.636. The van der Waals surface area contributed by atoms with E-state index >= 15 is 0 Å². The fourth-order valence-electron chi connectivity index (χ4n) is 1.78. The van der Waals surface area contributed by atoms with Crippen LogP contribution in [0.2, 0.25) is 0 Å². The number of thioether (sulfide) groups is 1. The molecule has 1 atom stereocenters. The summed E-state index contributed by atoms with van der Waals surface area (Å²) >= 11 is 1.98. The second-order valence-electron chi connectivity index (χ2n) is 4.05. The number of rotatable bonds is 5. The molecule has 1 aliphatic rings. The number of carboxylic acids is 1. The minimum atomic E-state index is -0.801. The highest BCUT2D eigenvalue weighted by Gasteiger charge is 2.18. The van der Waals surface area contributed by atoms with Gasteiger partial charge in [0.2, 0.25) is 0 Å². The molecule has 1 N–H and O–H groups in total. The molecule has 1 fully saturated rings. The zero-order valence-corrected chi connectivity index (χ0v) is 9.83. The SMILES string of the molecule is O=C(O)CCc1cnc(CC2CCSC2)o1. The Morgan fingerprint density at radius 1 is 1.69 bits per heavy atom. The van der Waals surface area contributed by atoms with Gasteiger partial charge in [0.15, 0.2) is 5.89 Å². The largest absolute Gasteiger partial charge is 0.481 e. The van der Waals surface area contributed by atoms with E-state index in [0.29, 0.717) is 18.1 Å². The molecular weight excluding hydrogens is 226 g/mol. The highest BCUT2D eigenvalue weighted by Crippen LogP contribution is 2.26. The van der Waals surface area contributed by atoms with Crippen molar-refractivity contribution < 1.29 is 14.3 Å². The number of nitrogens with zero attached hydrogens (tertiary/aromatic N) is 1. The van der Waals surface area contributed by atoms with Crippen molar-refractivity contribution in [1.82, 2.24) is 4.98 Å². The highest BCUT2D eigenvalue weighted by molar-refractivity contribution is 7.99. The van der Waals surface area contributed by atoms with Crippen LogP contribution in [0.15, 0.2) is 10.6 Å². The predicted molar refractivity (Wildman–Crippen MR) is 61.6 cm³/mol. The lowest BCUT2D eigenvalue weighted by molar-refractivity contribution is -0.137. The third-order valence-electron chi connectivity index (χ3n) is 2.67. The van der Waals surface area contributed by atoms with Gasteiger partial charge in [-0.1, -0.05) is 0 Å². The normalized spacial score (nSPS) is 20.1. The molecular formula is C11H15NO3S. The minimum absolute atomic E-state index is 0.105. The standard InChI is InChI=1S/C11H15NO3S/c13-11(14)2-1-9-6-12-10(15-9)5-8-3-4-16-7-8/h6,8H,1-5,7H2,(H,13,14). The average molecular weight is 241 g/mol. The number of hydrogen-bond donors (Lipinski definition) is 1. The summed E-state index contributed by atoms with van der Waals surface area (Å²) in [6, 6.07) is 0. The quantitative estimate of drug-likeness (QED) is 0.854. The van der Waals surface area contributed by atoms with Gasteiger partial charge in [0.1, 0.15) is 5.76 Å². The summed E-state index contributed by atoms with van der Waals surface area (Å²) in [5, 5.41) is 8.55. The molecule has 5 heteroatoms. The maximum Gasteiger partial charge on any atom is 0.303 e. The molecule has 0 amide bonds. The van der Waals surface area contributed by atoms with E-state index in [1.807, 2.05) is 11.8 Å². The van der Waals surface area contributed by atoms with Crippen LogP contribution in [0.3, 0.4) is 0 Å². The Hall–Kier alpha value is -0.970. The van der Waals surface area contributed by atoms with Crippen LogP contribution in [0.5, 0.6) is 0 Å². The smallest absolute Gasteiger partial charge is 0.303 e. The maximum absolute atomic E-state index is 10.4. The van der Waals surface area contributed by atoms with Gasteiger partial charge in [0.05, 0.1) is 12.6 Å². The summed E-state index contributed by atoms with van der Waals surface area (Å²) < 4.78 is 5.51. The van der Waals surface area contributed by atoms with Crippen LogP contribution >= 0.6 is 11.8 Å². The van der Waals surface area contributed by atoms with E-state index in [-0.39, 0.29) is 6.42 Å². The number of aliphatic carboxylic acids is 1. The van der Waals surface area contributed by atoms with Gasteiger partial charge in [0.25, 0.3) is 0 Å². The van der Waals surface area contributed by atoms with Crippen LogP contribution < -0.4 is 0 Å². The summed E-state index contributed by atoms with van der Waals surface area (Å²) in [5.41, 5.74) is 0. The van der Waals surface area contributed by atoms with Crippen LogP contribution in [0, 0.1) is 5.92 Å². The van der Waals surface area contributed by atoms with Crippen LogP contribution in [0.25, 0.3) is 0 Å². The Balaban J connectivity index is 1.84. The number of oxazole rings is 1. The van der Waals surface area contributed by atoms with Gasteiger partial charge in [-0.2, -0.15) is 11.8 Å². The average Bonchev–Trinajstić information content (AvgIpc) is 2.87. The summed E-state index contributed by atoms with van der Waals surface area (Å²) in [6.07, 6.45) is 4.31. The Morgan fingerprint density at radius 3 is 3.25 bits per heavy atom. The fourth-order valence-corrected chi connectivity index (χ4v) is 3.06. The zero-order valence-electron chi connectivity index (χ0n) is 9.02. The first kappa shape index (κ1) is 11.5. The number of aromatic nitrogens is 1. The molecule has 0 spiro atoms. The van der Waals surface area contributed by atoms with Gasteiger partial charge in [-0.05, 0) is 23.8 Å². The van der Waals surface area contributed by atoms with Crippen LogP contribution in [0.4, 0.5) is 0 Å². The van der Waals surface area contributed by atoms with E-state index < -0.39 is 5.97 Å². The van der Waals surface area contributed by atoms with Crippen molar-refractivity contribution in [1.29, 1.82) is 0 Å². The van der Waals surface area contributed by atoms with Crippen molar-refractivity contribution in [3.8, 4) is 0 Å². The zero-order chi connectivity index (χ0) is 11.4. The Bertz CT molecular complexity index is 358. The van der Waals surface area contributed by atoms with E-state index in [0.717, 1.165) is 12.3 Å². The molecule has 88 valence electrons. The molecule has 1 saturated heterocycles. The van der Waals surface area contributed by atoms with E-state index in [1.54, 1.807) is 6.20 Å². The van der Waals surface area contributed by atoms with Crippen molar-refractivity contribution in [2.75, 3.05) is 11.5 Å². The Kier molecular flexibility index (Phi) is 3.88. The number of carbonyl (C=O) groups is 1. The van der Waals surface area contributed by atoms with Gasteiger partial charge < -0.3 is 9.52 Å². The van der Waals surface area contributed by atoms with Crippen molar-refractivity contribution in [2.24, 2.45) is 5.92 Å². The first-order valence-corrected chi connectivity index (χ1v) is 6.62. The second kappa shape index (κ2) is 5.39. The highest BCUT2D eigenvalue weighted by atomic mass is 32.2. The van der Waals surface area contributed by atoms with E-state index in [9.17, 15) is 4.79 Å². The van der Waals surface area contributed by atoms with Gasteiger partial charge in [-0.25, -0.2) is 4.98 Å². The van der Waals surface area contributed by atoms with Crippen LogP contribution in [0.1, 0.15) is 24.5 Å². The number of aryl methyl sites for hydroxylation is 1. The van der Waals surface area contributed by atoms with Crippen LogP contribution in [-0.4, -0.2) is 27.6 Å². The van der Waals surface area contributed by atoms with E-state index in [1.165, 1.54) is 17.9 Å². The summed E-state index contributed by atoms with van der Waals surface area (Å²) in [7, 11) is 0. The number of hydrogen-bond acceptors (Lipinski definition) is 4. The molecule has 0 radical (unpaired) electrons. The molecule has 2 rings (SSSR count). The van der Waals surface area contributed by atoms with Crippen molar-refractivity contribution in [3.63, 3.8) is 0 Å². The number of carboxylic acid groups (broad SMARTS) is 1. The van der Waals surface area contributed by atoms with Crippen molar-refractivity contribution >= 4 is 17.7 Å². The maximum atomic E-state index is 10.4. The topological polar surface area (TPSA) is 63.3 Å². The molecule has 16 heavy (non-hydrogen) atoms. The minimum Gasteiger partial charge on any atom is -0.481 e. The molecule has 1 unspecified atom stereocenters. The Labute approximate surface area is 98.4 Å². The van der Waals surface area contributed by atoms with Gasteiger partial charge in [0, 0.05) is 12.8 Å². The molecule has 1 aliphatic heterocycles. The molecule has 0 bridgehead atoms. The van der Waals surface area contributed by atoms with Crippen molar-refractivity contribution in [2.45, 2.75) is 25.7 Å². The summed E-state index contributed by atoms with van der Waals surface area (Å²) in [6.45, 7) is 0. The van der Waals surface area contributed by atoms with Gasteiger partial charge >= 0.3 is 5.97 Å². The third kappa shape index (κ3) is 3.27. The molecule has 0 aromatic carbocycles. The summed E-state index contributed by atoms with van der Waals surface area (Å²) in [4.78, 5) is 14.6. The monoisotopic (exact) mass is 241 g/mol. The third-order valence-corrected chi connectivity index (χ3v) is 3.91. The van der Waals surface area contributed by atoms with Gasteiger partial charge in [-0.3, -0.25) is 4.79 Å². The Morgan fingerprint density at radius 2 is 2.56 bits per heavy atom. The molecule has 1 aromatic rings. The van der Waals surface area contributed by atoms with Crippen LogP contribution in [-0.2, 0) is 17.6 Å². The van der Waals surface area contributed by atoms with E-state index in [2.05, 4.69) is 4.98 Å². The summed E-state index contributed by atoms with van der Waals surface area (Å²) in [5.74, 6) is 3.74. The lowest BCUT2D eigenvalue weighted by Crippen LogP contribution is -2.02. The first-order chi connectivity index (χ1) is 7.74. The molecule has 0 aliphatic carbocycles. The van der Waals surface area contributed by atoms with E-state index in [4.69, 9.17) is 9.52 Å². The lowest BCUT2D eigenvalue weighted by atomic mass is 10.1. The molecule has 4 nitrogen and oxygen atoms in total. The lowest BCUT2D eigenvalue weighted by Gasteiger charge is -2.02. The van der Waals surface area contributed by atoms with Gasteiger partial charge in [-0.15, -0.1) is 0 Å². The first-order valence-electron chi connectivity index (χ1n) is 5.47. The van der Waals surface area contributed by atoms with Crippen molar-refractivity contribution in [3.05, 3.63) is 17.8 Å². The molecule has 1 aromatic heterocycles. The second-order valence-corrected chi connectivity index (χ2v) is 5.20. The molecule has 0 saturated carbocycles.